The Kier molecular flexibility index (Phi) is 4.37. The van der Waals surface area contributed by atoms with Crippen molar-refractivity contribution in [3.8, 4) is 0 Å². The van der Waals surface area contributed by atoms with Gasteiger partial charge in [0.25, 0.3) is 0 Å². The third-order valence-electron chi connectivity index (χ3n) is 9.95. The minimum atomic E-state index is -1.09. The molecular formula is C24H32O7. The summed E-state index contributed by atoms with van der Waals surface area (Å²) in [4.78, 5) is 36.4. The van der Waals surface area contributed by atoms with Crippen molar-refractivity contribution in [2.45, 2.75) is 82.5 Å². The molecule has 2 N–H and O–H groups in total. The highest BCUT2D eigenvalue weighted by Gasteiger charge is 2.82. The van der Waals surface area contributed by atoms with Gasteiger partial charge in [0.2, 0.25) is 0 Å². The molecule has 0 aromatic heterocycles. The molecule has 0 unspecified atom stereocenters. The summed E-state index contributed by atoms with van der Waals surface area (Å²) in [5.74, 6) is -1.60. The van der Waals surface area contributed by atoms with E-state index in [0.29, 0.717) is 32.1 Å². The van der Waals surface area contributed by atoms with Gasteiger partial charge < -0.3 is 19.7 Å². The number of carboxylic acid groups (broad SMARTS) is 1. The molecule has 1 saturated heterocycles. The highest BCUT2D eigenvalue weighted by molar-refractivity contribution is 5.92. The third kappa shape index (κ3) is 2.50. The van der Waals surface area contributed by atoms with Crippen LogP contribution >= 0.6 is 0 Å². The zero-order chi connectivity index (χ0) is 22.4. The Bertz CT molecular complexity index is 894. The van der Waals surface area contributed by atoms with Crippen molar-refractivity contribution in [3.05, 3.63) is 11.6 Å². The van der Waals surface area contributed by atoms with Crippen LogP contribution in [0.5, 0.6) is 0 Å². The van der Waals surface area contributed by atoms with Crippen LogP contribution in [-0.2, 0) is 23.9 Å². The first-order valence-corrected chi connectivity index (χ1v) is 11.5. The molecule has 4 fully saturated rings. The number of ether oxygens (including phenoxy) is 2. The molecule has 7 heteroatoms. The van der Waals surface area contributed by atoms with Gasteiger partial charge in [-0.15, -0.1) is 0 Å². The second-order valence-electron chi connectivity index (χ2n) is 10.9. The van der Waals surface area contributed by atoms with Crippen LogP contribution in [0.2, 0.25) is 0 Å². The molecule has 1 spiro atoms. The molecule has 0 amide bonds. The molecule has 0 aromatic rings. The van der Waals surface area contributed by atoms with Crippen molar-refractivity contribution < 1.29 is 34.1 Å². The van der Waals surface area contributed by atoms with Gasteiger partial charge in [-0.2, -0.15) is 0 Å². The first kappa shape index (κ1) is 21.1. The SMILES string of the molecule is COC(=O)[C@H]1CC2=CC(=O)CC[C@]2(C)[C@@]23O[C@@H]2C[C@@]2(C)[C@@H](CC[C@@]2(O)CCC(=O)O)[C@H]13. The Balaban J connectivity index is 1.59. The zero-order valence-corrected chi connectivity index (χ0v) is 18.5. The lowest BCUT2D eigenvalue weighted by molar-refractivity contribution is -0.163. The van der Waals surface area contributed by atoms with E-state index < -0.39 is 28.5 Å². The largest absolute Gasteiger partial charge is 0.481 e. The van der Waals surface area contributed by atoms with E-state index in [1.54, 1.807) is 6.08 Å². The number of aliphatic hydroxyl groups is 1. The monoisotopic (exact) mass is 432 g/mol. The summed E-state index contributed by atoms with van der Waals surface area (Å²) < 4.78 is 11.7. The van der Waals surface area contributed by atoms with E-state index in [-0.39, 0.29) is 47.9 Å². The van der Waals surface area contributed by atoms with Crippen LogP contribution in [0.4, 0.5) is 0 Å². The van der Waals surface area contributed by atoms with E-state index >= 15 is 0 Å². The molecule has 0 bridgehead atoms. The number of ketones is 1. The highest BCUT2D eigenvalue weighted by Crippen LogP contribution is 2.77. The molecule has 170 valence electrons. The van der Waals surface area contributed by atoms with E-state index in [0.717, 1.165) is 12.0 Å². The Morgan fingerprint density at radius 2 is 2.03 bits per heavy atom. The Labute approximate surface area is 182 Å². The highest BCUT2D eigenvalue weighted by atomic mass is 16.6. The van der Waals surface area contributed by atoms with Gasteiger partial charge >= 0.3 is 11.9 Å². The van der Waals surface area contributed by atoms with E-state index in [1.165, 1.54) is 7.11 Å². The lowest BCUT2D eigenvalue weighted by Gasteiger charge is -2.58. The van der Waals surface area contributed by atoms with Crippen LogP contribution in [-0.4, -0.2) is 52.4 Å². The first-order valence-electron chi connectivity index (χ1n) is 11.5. The number of rotatable bonds is 4. The van der Waals surface area contributed by atoms with Gasteiger partial charge in [0.05, 0.1) is 24.7 Å². The topological polar surface area (TPSA) is 113 Å². The molecule has 31 heavy (non-hydrogen) atoms. The van der Waals surface area contributed by atoms with Crippen molar-refractivity contribution in [1.29, 1.82) is 0 Å². The number of esters is 1. The predicted octanol–water partition coefficient (Wildman–Crippen LogP) is 2.64. The van der Waals surface area contributed by atoms with Crippen LogP contribution in [0, 0.1) is 28.6 Å². The maximum Gasteiger partial charge on any atom is 0.309 e. The molecular weight excluding hydrogens is 400 g/mol. The smallest absolute Gasteiger partial charge is 0.309 e. The molecule has 5 rings (SSSR count). The standard InChI is InChI=1S/C24H32O7/c1-21-7-4-14(25)10-13(21)11-15(20(28)30-3)19-16-5-8-23(29,9-6-18(26)27)22(16,2)12-17-24(19,21)31-17/h10,15-17,19,29H,4-9,11-12H2,1-3H3,(H,26,27)/t15-,16-,17+,19-,21-,22-,23+,24+/m0/s1. The molecule has 0 radical (unpaired) electrons. The Morgan fingerprint density at radius 1 is 1.29 bits per heavy atom. The van der Waals surface area contributed by atoms with Crippen LogP contribution in [0.15, 0.2) is 11.6 Å². The molecule has 5 aliphatic rings. The summed E-state index contributed by atoms with van der Waals surface area (Å²) in [6, 6.07) is 0. The molecule has 4 aliphatic carbocycles. The fourth-order valence-electron chi connectivity index (χ4n) is 8.22. The average molecular weight is 433 g/mol. The Hall–Kier alpha value is -1.73. The second kappa shape index (κ2) is 6.41. The van der Waals surface area contributed by atoms with E-state index in [2.05, 4.69) is 13.8 Å². The lowest BCUT2D eigenvalue weighted by atomic mass is 9.43. The first-order chi connectivity index (χ1) is 14.5. The van der Waals surface area contributed by atoms with Gasteiger partial charge in [-0.05, 0) is 50.5 Å². The van der Waals surface area contributed by atoms with Crippen LogP contribution < -0.4 is 0 Å². The van der Waals surface area contributed by atoms with Crippen molar-refractivity contribution in [1.82, 2.24) is 0 Å². The van der Waals surface area contributed by atoms with Crippen molar-refractivity contribution in [3.63, 3.8) is 0 Å². The lowest BCUT2D eigenvalue weighted by Crippen LogP contribution is -2.63. The minimum absolute atomic E-state index is 0.0325. The van der Waals surface area contributed by atoms with Crippen LogP contribution in [0.25, 0.3) is 0 Å². The van der Waals surface area contributed by atoms with Crippen LogP contribution in [0.3, 0.4) is 0 Å². The average Bonchev–Trinajstić information content (AvgIpc) is 3.38. The summed E-state index contributed by atoms with van der Waals surface area (Å²) in [6.45, 7) is 4.24. The van der Waals surface area contributed by atoms with Crippen molar-refractivity contribution >= 4 is 17.7 Å². The molecule has 0 aromatic carbocycles. The second-order valence-corrected chi connectivity index (χ2v) is 10.9. The molecule has 3 saturated carbocycles. The van der Waals surface area contributed by atoms with Crippen molar-refractivity contribution in [2.24, 2.45) is 28.6 Å². The van der Waals surface area contributed by atoms with Crippen molar-refractivity contribution in [2.75, 3.05) is 7.11 Å². The van der Waals surface area contributed by atoms with E-state index in [9.17, 15) is 24.6 Å². The molecule has 7 nitrogen and oxygen atoms in total. The Morgan fingerprint density at radius 3 is 2.71 bits per heavy atom. The number of carboxylic acids is 1. The maximum absolute atomic E-state index is 13.0. The number of epoxide rings is 1. The fourth-order valence-corrected chi connectivity index (χ4v) is 8.22. The molecule has 1 heterocycles. The molecule has 1 aliphatic heterocycles. The number of carbonyl (C=O) groups excluding carboxylic acids is 2. The number of carbonyl (C=O) groups is 3. The van der Waals surface area contributed by atoms with E-state index in [1.807, 2.05) is 0 Å². The minimum Gasteiger partial charge on any atom is -0.481 e. The summed E-state index contributed by atoms with van der Waals surface area (Å²) in [5.41, 5.74) is -1.43. The quantitative estimate of drug-likeness (QED) is 0.519. The maximum atomic E-state index is 13.0. The van der Waals surface area contributed by atoms with Gasteiger partial charge in [-0.25, -0.2) is 0 Å². The number of aliphatic carboxylic acids is 1. The van der Waals surface area contributed by atoms with Crippen LogP contribution in [0.1, 0.15) is 65.2 Å². The van der Waals surface area contributed by atoms with Gasteiger partial charge in [-0.1, -0.05) is 19.4 Å². The van der Waals surface area contributed by atoms with Gasteiger partial charge in [0, 0.05) is 29.6 Å². The summed E-state index contributed by atoms with van der Waals surface area (Å²) in [6.07, 6.45) is 5.35. The number of hydrogen-bond donors (Lipinski definition) is 2. The number of hydrogen-bond acceptors (Lipinski definition) is 6. The summed E-state index contributed by atoms with van der Waals surface area (Å²) in [7, 11) is 1.40. The van der Waals surface area contributed by atoms with Gasteiger partial charge in [0.1, 0.15) is 5.60 Å². The molecule has 8 atom stereocenters. The predicted molar refractivity (Wildman–Crippen MR) is 109 cm³/mol. The fraction of sp³-hybridized carbons (Fsp3) is 0.792. The summed E-state index contributed by atoms with van der Waals surface area (Å²) >= 11 is 0. The summed E-state index contributed by atoms with van der Waals surface area (Å²) in [5, 5.41) is 20.9. The zero-order valence-electron chi connectivity index (χ0n) is 18.5. The van der Waals surface area contributed by atoms with E-state index in [4.69, 9.17) is 9.47 Å². The number of methoxy groups -OCH3 is 1. The number of fused-ring (bicyclic) bond motifs is 3. The normalized spacial score (nSPS) is 49.8. The van der Waals surface area contributed by atoms with Gasteiger partial charge in [-0.3, -0.25) is 14.4 Å². The third-order valence-corrected chi connectivity index (χ3v) is 9.95. The van der Waals surface area contributed by atoms with Gasteiger partial charge in [0.15, 0.2) is 5.78 Å².